The van der Waals surface area contributed by atoms with Crippen LogP contribution in [0.4, 0.5) is 5.82 Å². The molecule has 1 aliphatic carbocycles. The molecule has 3 N–H and O–H groups in total. The van der Waals surface area contributed by atoms with Crippen molar-refractivity contribution in [1.29, 1.82) is 0 Å². The van der Waals surface area contributed by atoms with Crippen molar-refractivity contribution >= 4 is 27.5 Å². The molecule has 0 unspecified atom stereocenters. The summed E-state index contributed by atoms with van der Waals surface area (Å²) in [6, 6.07) is 10.2. The van der Waals surface area contributed by atoms with E-state index in [1.807, 2.05) is 24.5 Å². The average molecular weight is 407 g/mol. The molecular formula is C21H22N6OS. The van der Waals surface area contributed by atoms with Gasteiger partial charge < -0.3 is 15.4 Å². The number of aromatic nitrogens is 5. The quantitative estimate of drug-likeness (QED) is 0.535. The van der Waals surface area contributed by atoms with Crippen LogP contribution in [0.2, 0.25) is 0 Å². The monoisotopic (exact) mass is 406 g/mol. The Bertz CT molecular complexity index is 1130. The van der Waals surface area contributed by atoms with E-state index < -0.39 is 0 Å². The summed E-state index contributed by atoms with van der Waals surface area (Å²) in [6.45, 7) is 0.860. The van der Waals surface area contributed by atoms with Gasteiger partial charge in [-0.1, -0.05) is 41.7 Å². The number of aliphatic hydroxyl groups is 1. The molecular weight excluding hydrogens is 384 g/mol. The fourth-order valence-corrected chi connectivity index (χ4v) is 5.01. The van der Waals surface area contributed by atoms with Crippen LogP contribution in [-0.2, 0) is 6.54 Å². The lowest BCUT2D eigenvalue weighted by Gasteiger charge is -2.26. The summed E-state index contributed by atoms with van der Waals surface area (Å²) < 4.78 is 2.20. The van der Waals surface area contributed by atoms with Crippen LogP contribution in [0.15, 0.2) is 43.0 Å². The van der Waals surface area contributed by atoms with Gasteiger partial charge in [-0.3, -0.25) is 0 Å². The number of nitrogens with zero attached hydrogens (tertiary/aromatic N) is 5. The Kier molecular flexibility index (Phi) is 4.73. The maximum Gasteiger partial charge on any atom is 0.154 e. The van der Waals surface area contributed by atoms with E-state index in [1.54, 1.807) is 0 Å². The molecule has 8 heteroatoms. The summed E-state index contributed by atoms with van der Waals surface area (Å²) >= 11 is 1.51. The Morgan fingerprint density at radius 3 is 2.62 bits per heavy atom. The summed E-state index contributed by atoms with van der Waals surface area (Å²) in [5.74, 6) is 0.917. The van der Waals surface area contributed by atoms with Crippen LogP contribution in [0.3, 0.4) is 0 Å². The van der Waals surface area contributed by atoms with Crippen LogP contribution in [-0.4, -0.2) is 35.7 Å². The van der Waals surface area contributed by atoms with Gasteiger partial charge in [-0.2, -0.15) is 0 Å². The number of hydrogen-bond acceptors (Lipinski definition) is 7. The molecule has 5 rings (SSSR count). The van der Waals surface area contributed by atoms with E-state index in [4.69, 9.17) is 15.7 Å². The molecule has 0 bridgehead atoms. The SMILES string of the molecule is Nc1ncnc2sc(-c3c(-c4ccccc4)ncn3CC3CCC(O)CC3)nc12. The van der Waals surface area contributed by atoms with Gasteiger partial charge in [0.05, 0.1) is 18.1 Å². The van der Waals surface area contributed by atoms with E-state index in [9.17, 15) is 5.11 Å². The van der Waals surface area contributed by atoms with E-state index in [2.05, 4.69) is 26.7 Å². The van der Waals surface area contributed by atoms with Crippen LogP contribution >= 0.6 is 11.3 Å². The van der Waals surface area contributed by atoms with Crippen molar-refractivity contribution in [2.24, 2.45) is 5.92 Å². The Hall–Kier alpha value is -2.84. The summed E-state index contributed by atoms with van der Waals surface area (Å²) in [6.07, 6.45) is 7.02. The highest BCUT2D eigenvalue weighted by Gasteiger charge is 2.24. The Morgan fingerprint density at radius 2 is 1.86 bits per heavy atom. The number of aliphatic hydroxyl groups excluding tert-OH is 1. The molecule has 3 heterocycles. The zero-order chi connectivity index (χ0) is 19.8. The number of rotatable bonds is 4. The van der Waals surface area contributed by atoms with Crippen LogP contribution in [0.5, 0.6) is 0 Å². The van der Waals surface area contributed by atoms with Gasteiger partial charge in [-0.25, -0.2) is 19.9 Å². The minimum atomic E-state index is -0.154. The van der Waals surface area contributed by atoms with Crippen molar-refractivity contribution in [3.63, 3.8) is 0 Å². The van der Waals surface area contributed by atoms with E-state index in [1.165, 1.54) is 17.7 Å². The highest BCUT2D eigenvalue weighted by molar-refractivity contribution is 7.21. The minimum Gasteiger partial charge on any atom is -0.393 e. The Morgan fingerprint density at radius 1 is 1.07 bits per heavy atom. The molecule has 148 valence electrons. The molecule has 0 radical (unpaired) electrons. The smallest absolute Gasteiger partial charge is 0.154 e. The normalized spacial score (nSPS) is 19.6. The second-order valence-corrected chi connectivity index (χ2v) is 8.54. The predicted octanol–water partition coefficient (Wildman–Crippen LogP) is 3.75. The zero-order valence-corrected chi connectivity index (χ0v) is 16.7. The second kappa shape index (κ2) is 7.53. The van der Waals surface area contributed by atoms with Gasteiger partial charge in [0.2, 0.25) is 0 Å². The standard InChI is InChI=1S/C21H22N6OS/c22-19-17-20(24-11-23-19)29-21(26-17)18-16(14-4-2-1-3-5-14)25-12-27(18)10-13-6-8-15(28)9-7-13/h1-5,11-13,15,28H,6-10H2,(H2,22,23,24). The topological polar surface area (TPSA) is 103 Å². The van der Waals surface area contributed by atoms with Crippen LogP contribution in [0, 0.1) is 5.92 Å². The van der Waals surface area contributed by atoms with Crippen LogP contribution in [0.1, 0.15) is 25.7 Å². The van der Waals surface area contributed by atoms with Gasteiger partial charge in [0, 0.05) is 12.1 Å². The average Bonchev–Trinajstić information content (AvgIpc) is 3.35. The number of thiazole rings is 1. The summed E-state index contributed by atoms with van der Waals surface area (Å²) in [7, 11) is 0. The number of hydrogen-bond donors (Lipinski definition) is 2. The lowest BCUT2D eigenvalue weighted by atomic mass is 9.87. The third kappa shape index (κ3) is 3.49. The van der Waals surface area contributed by atoms with Crippen molar-refractivity contribution in [1.82, 2.24) is 24.5 Å². The first kappa shape index (κ1) is 18.2. The maximum atomic E-state index is 9.83. The van der Waals surface area contributed by atoms with E-state index in [0.29, 0.717) is 17.3 Å². The molecule has 4 aromatic rings. The van der Waals surface area contributed by atoms with Gasteiger partial charge in [-0.15, -0.1) is 0 Å². The lowest BCUT2D eigenvalue weighted by molar-refractivity contribution is 0.104. The molecule has 1 aliphatic rings. The molecule has 3 aromatic heterocycles. The van der Waals surface area contributed by atoms with Crippen molar-refractivity contribution < 1.29 is 5.11 Å². The number of fused-ring (bicyclic) bond motifs is 1. The number of anilines is 1. The van der Waals surface area contributed by atoms with Crippen LogP contribution in [0.25, 0.3) is 32.3 Å². The van der Waals surface area contributed by atoms with E-state index >= 15 is 0 Å². The highest BCUT2D eigenvalue weighted by atomic mass is 32.1. The molecule has 0 amide bonds. The van der Waals surface area contributed by atoms with Crippen molar-refractivity contribution in [3.05, 3.63) is 43.0 Å². The summed E-state index contributed by atoms with van der Waals surface area (Å²) in [5, 5.41) is 10.7. The first-order valence-corrected chi connectivity index (χ1v) is 10.7. The third-order valence-electron chi connectivity index (χ3n) is 5.58. The predicted molar refractivity (Wildman–Crippen MR) is 114 cm³/mol. The third-order valence-corrected chi connectivity index (χ3v) is 6.55. The van der Waals surface area contributed by atoms with Crippen LogP contribution < -0.4 is 5.73 Å². The first-order valence-electron chi connectivity index (χ1n) is 9.85. The lowest BCUT2D eigenvalue weighted by Crippen LogP contribution is -2.21. The number of nitrogens with two attached hydrogens (primary N) is 1. The molecule has 0 aliphatic heterocycles. The van der Waals surface area contributed by atoms with Crippen molar-refractivity contribution in [2.45, 2.75) is 38.3 Å². The zero-order valence-electron chi connectivity index (χ0n) is 15.9. The second-order valence-electron chi connectivity index (χ2n) is 7.57. The van der Waals surface area contributed by atoms with Gasteiger partial charge in [0.15, 0.2) is 5.82 Å². The Balaban J connectivity index is 1.60. The van der Waals surface area contributed by atoms with Gasteiger partial charge in [0.25, 0.3) is 0 Å². The molecule has 0 atom stereocenters. The summed E-state index contributed by atoms with van der Waals surface area (Å²) in [4.78, 5) is 18.7. The molecule has 0 spiro atoms. The fourth-order valence-electron chi connectivity index (χ4n) is 4.03. The van der Waals surface area contributed by atoms with Gasteiger partial charge in [-0.05, 0) is 31.6 Å². The highest BCUT2D eigenvalue weighted by Crippen LogP contribution is 2.37. The molecule has 7 nitrogen and oxygen atoms in total. The number of benzene rings is 1. The largest absolute Gasteiger partial charge is 0.393 e. The molecule has 1 saturated carbocycles. The number of imidazole rings is 1. The fraction of sp³-hybridized carbons (Fsp3) is 0.333. The minimum absolute atomic E-state index is 0.154. The Labute approximate surface area is 172 Å². The maximum absolute atomic E-state index is 9.83. The van der Waals surface area contributed by atoms with Gasteiger partial charge in [0.1, 0.15) is 27.4 Å². The first-order chi connectivity index (χ1) is 14.2. The van der Waals surface area contributed by atoms with Crippen molar-refractivity contribution in [3.8, 4) is 22.0 Å². The molecule has 29 heavy (non-hydrogen) atoms. The molecule has 0 saturated heterocycles. The van der Waals surface area contributed by atoms with E-state index in [-0.39, 0.29) is 6.10 Å². The number of nitrogen functional groups attached to an aromatic ring is 1. The molecule has 1 fully saturated rings. The van der Waals surface area contributed by atoms with E-state index in [0.717, 1.165) is 59.0 Å². The van der Waals surface area contributed by atoms with Gasteiger partial charge >= 0.3 is 0 Å². The van der Waals surface area contributed by atoms with Crippen molar-refractivity contribution in [2.75, 3.05) is 5.73 Å². The summed E-state index contributed by atoms with van der Waals surface area (Å²) in [5.41, 5.74) is 9.61. The molecule has 1 aromatic carbocycles.